The molecule has 1 fully saturated rings. The average Bonchev–Trinajstić information content (AvgIpc) is 3.07. The molecule has 106 valence electrons. The Morgan fingerprint density at radius 3 is 3.15 bits per heavy atom. The third-order valence-corrected chi connectivity index (χ3v) is 3.55. The van der Waals surface area contributed by atoms with Gasteiger partial charge in [0.05, 0.1) is 19.2 Å². The average molecular weight is 278 g/mol. The predicted octanol–water partition coefficient (Wildman–Crippen LogP) is 2.00. The van der Waals surface area contributed by atoms with Crippen LogP contribution in [0.3, 0.4) is 0 Å². The van der Waals surface area contributed by atoms with Crippen LogP contribution >= 0.6 is 0 Å². The number of fused-ring (bicyclic) bond motifs is 1. The van der Waals surface area contributed by atoms with Crippen molar-refractivity contribution in [2.24, 2.45) is 5.92 Å². The van der Waals surface area contributed by atoms with Crippen LogP contribution in [0.15, 0.2) is 18.2 Å². The molecule has 3 rings (SSSR count). The van der Waals surface area contributed by atoms with Crippen LogP contribution in [0.25, 0.3) is 10.9 Å². The number of hydrogen-bond donors (Lipinski definition) is 0. The lowest BCUT2D eigenvalue weighted by Gasteiger charge is -2.08. The number of esters is 1. The molecule has 1 saturated heterocycles. The Morgan fingerprint density at radius 2 is 2.45 bits per heavy atom. The second-order valence-electron chi connectivity index (χ2n) is 4.91. The lowest BCUT2D eigenvalue weighted by molar-refractivity contribution is 0.0595. The van der Waals surface area contributed by atoms with Gasteiger partial charge in [0.25, 0.3) is 0 Å². The predicted molar refractivity (Wildman–Crippen MR) is 70.0 cm³/mol. The number of halogens is 1. The first-order chi connectivity index (χ1) is 9.69. The van der Waals surface area contributed by atoms with E-state index in [-0.39, 0.29) is 11.5 Å². The van der Waals surface area contributed by atoms with E-state index in [0.29, 0.717) is 30.0 Å². The summed E-state index contributed by atoms with van der Waals surface area (Å²) in [6.07, 6.45) is 0.949. The van der Waals surface area contributed by atoms with Crippen LogP contribution in [0.5, 0.6) is 0 Å². The van der Waals surface area contributed by atoms with Gasteiger partial charge < -0.3 is 9.47 Å². The highest BCUT2D eigenvalue weighted by molar-refractivity contribution is 6.02. The fraction of sp³-hybridized carbons (Fsp3) is 0.429. The number of benzene rings is 1. The van der Waals surface area contributed by atoms with Gasteiger partial charge >= 0.3 is 5.97 Å². The molecule has 0 aliphatic carbocycles. The van der Waals surface area contributed by atoms with Crippen LogP contribution in [-0.4, -0.2) is 36.1 Å². The van der Waals surface area contributed by atoms with Gasteiger partial charge in [0.15, 0.2) is 5.69 Å². The normalized spacial score (nSPS) is 18.6. The molecule has 1 aliphatic rings. The summed E-state index contributed by atoms with van der Waals surface area (Å²) in [5.74, 6) is -0.521. The molecule has 20 heavy (non-hydrogen) atoms. The minimum atomic E-state index is -0.511. The first-order valence-electron chi connectivity index (χ1n) is 6.51. The zero-order valence-electron chi connectivity index (χ0n) is 11.1. The fourth-order valence-electron chi connectivity index (χ4n) is 2.51. The fourth-order valence-corrected chi connectivity index (χ4v) is 2.51. The highest BCUT2D eigenvalue weighted by Gasteiger charge is 2.22. The van der Waals surface area contributed by atoms with Gasteiger partial charge in [-0.2, -0.15) is 5.10 Å². The zero-order valence-corrected chi connectivity index (χ0v) is 11.1. The van der Waals surface area contributed by atoms with E-state index in [1.165, 1.54) is 19.2 Å². The number of ether oxygens (including phenoxy) is 2. The van der Waals surface area contributed by atoms with Crippen molar-refractivity contribution < 1.29 is 18.7 Å². The minimum Gasteiger partial charge on any atom is -0.464 e. The van der Waals surface area contributed by atoms with Crippen LogP contribution in [0.1, 0.15) is 16.9 Å². The molecule has 1 aromatic carbocycles. The molecule has 1 aliphatic heterocycles. The molecular formula is C14H15FN2O3. The van der Waals surface area contributed by atoms with E-state index < -0.39 is 5.97 Å². The van der Waals surface area contributed by atoms with Gasteiger partial charge in [0.1, 0.15) is 5.82 Å². The van der Waals surface area contributed by atoms with Gasteiger partial charge in [-0.05, 0) is 24.6 Å². The molecule has 0 bridgehead atoms. The largest absolute Gasteiger partial charge is 0.464 e. The molecule has 0 saturated carbocycles. The molecular weight excluding hydrogens is 263 g/mol. The Balaban J connectivity index is 2.05. The van der Waals surface area contributed by atoms with E-state index in [1.807, 2.05) is 0 Å². The van der Waals surface area contributed by atoms with Crippen molar-refractivity contribution in [2.45, 2.75) is 13.0 Å². The van der Waals surface area contributed by atoms with Gasteiger partial charge in [0.2, 0.25) is 0 Å². The Morgan fingerprint density at radius 1 is 1.60 bits per heavy atom. The van der Waals surface area contributed by atoms with E-state index in [4.69, 9.17) is 9.47 Å². The summed E-state index contributed by atoms with van der Waals surface area (Å²) in [6.45, 7) is 2.02. The summed E-state index contributed by atoms with van der Waals surface area (Å²) in [5, 5.41) is 4.89. The topological polar surface area (TPSA) is 53.3 Å². The van der Waals surface area contributed by atoms with Crippen molar-refractivity contribution in [3.63, 3.8) is 0 Å². The molecule has 0 N–H and O–H groups in total. The van der Waals surface area contributed by atoms with Crippen molar-refractivity contribution in [3.05, 3.63) is 29.7 Å². The number of aromatic nitrogens is 2. The van der Waals surface area contributed by atoms with E-state index >= 15 is 0 Å². The number of carbonyl (C=O) groups excluding carboxylic acids is 1. The first kappa shape index (κ1) is 13.1. The molecule has 0 spiro atoms. The Labute approximate surface area is 115 Å². The first-order valence-corrected chi connectivity index (χ1v) is 6.51. The molecule has 6 heteroatoms. The molecule has 0 amide bonds. The van der Waals surface area contributed by atoms with Crippen molar-refractivity contribution in [3.8, 4) is 0 Å². The standard InChI is InChI=1S/C14H15FN2O3/c1-19-14(18)13-11-3-2-10(15)6-12(11)17(16-13)7-9-4-5-20-8-9/h2-3,6,9H,4-5,7-8H2,1H3. The summed E-state index contributed by atoms with van der Waals surface area (Å²) < 4.78 is 25.2. The smallest absolute Gasteiger partial charge is 0.359 e. The van der Waals surface area contributed by atoms with Crippen LogP contribution in [0, 0.1) is 11.7 Å². The lowest BCUT2D eigenvalue weighted by Crippen LogP contribution is -2.13. The zero-order chi connectivity index (χ0) is 14.1. The quantitative estimate of drug-likeness (QED) is 0.806. The van der Waals surface area contributed by atoms with Gasteiger partial charge in [-0.1, -0.05) is 0 Å². The molecule has 2 aromatic rings. The molecule has 5 nitrogen and oxygen atoms in total. The number of nitrogens with zero attached hydrogens (tertiary/aromatic N) is 2. The third kappa shape index (κ3) is 2.27. The van der Waals surface area contributed by atoms with Crippen molar-refractivity contribution >= 4 is 16.9 Å². The van der Waals surface area contributed by atoms with Gasteiger partial charge in [-0.25, -0.2) is 9.18 Å². The summed E-state index contributed by atoms with van der Waals surface area (Å²) >= 11 is 0. The van der Waals surface area contributed by atoms with Crippen LogP contribution in [0.2, 0.25) is 0 Å². The van der Waals surface area contributed by atoms with E-state index in [2.05, 4.69) is 5.10 Å². The maximum atomic E-state index is 13.4. The molecule has 2 heterocycles. The Hall–Kier alpha value is -1.95. The maximum Gasteiger partial charge on any atom is 0.359 e. The summed E-state index contributed by atoms with van der Waals surface area (Å²) in [4.78, 5) is 11.7. The third-order valence-electron chi connectivity index (χ3n) is 3.55. The van der Waals surface area contributed by atoms with Crippen molar-refractivity contribution in [1.82, 2.24) is 9.78 Å². The second-order valence-corrected chi connectivity index (χ2v) is 4.91. The van der Waals surface area contributed by atoms with Crippen LogP contribution in [-0.2, 0) is 16.0 Å². The monoisotopic (exact) mass is 278 g/mol. The maximum absolute atomic E-state index is 13.4. The van der Waals surface area contributed by atoms with E-state index in [0.717, 1.165) is 13.0 Å². The number of methoxy groups -OCH3 is 1. The van der Waals surface area contributed by atoms with Crippen LogP contribution < -0.4 is 0 Å². The van der Waals surface area contributed by atoms with E-state index in [1.54, 1.807) is 10.7 Å². The highest BCUT2D eigenvalue weighted by atomic mass is 19.1. The Bertz CT molecular complexity index is 647. The minimum absolute atomic E-state index is 0.224. The summed E-state index contributed by atoms with van der Waals surface area (Å²) in [6, 6.07) is 4.27. The second kappa shape index (κ2) is 5.20. The number of hydrogen-bond acceptors (Lipinski definition) is 4. The van der Waals surface area contributed by atoms with Gasteiger partial charge in [-0.3, -0.25) is 4.68 Å². The summed E-state index contributed by atoms with van der Waals surface area (Å²) in [5.41, 5.74) is 0.832. The van der Waals surface area contributed by atoms with E-state index in [9.17, 15) is 9.18 Å². The van der Waals surface area contributed by atoms with Crippen molar-refractivity contribution in [2.75, 3.05) is 20.3 Å². The molecule has 0 radical (unpaired) electrons. The van der Waals surface area contributed by atoms with Gasteiger partial charge in [0, 0.05) is 24.5 Å². The molecule has 1 atom stereocenters. The Kier molecular flexibility index (Phi) is 3.40. The summed E-state index contributed by atoms with van der Waals surface area (Å²) in [7, 11) is 1.31. The number of rotatable bonds is 3. The molecule has 1 unspecified atom stereocenters. The highest BCUT2D eigenvalue weighted by Crippen LogP contribution is 2.23. The lowest BCUT2D eigenvalue weighted by atomic mass is 10.1. The number of carbonyl (C=O) groups is 1. The van der Waals surface area contributed by atoms with Crippen LogP contribution in [0.4, 0.5) is 4.39 Å². The van der Waals surface area contributed by atoms with Crippen molar-refractivity contribution in [1.29, 1.82) is 0 Å². The van der Waals surface area contributed by atoms with Gasteiger partial charge in [-0.15, -0.1) is 0 Å². The molecule has 1 aromatic heterocycles. The SMILES string of the molecule is COC(=O)c1nn(CC2CCOC2)c2cc(F)ccc12.